The van der Waals surface area contributed by atoms with E-state index in [1.807, 2.05) is 17.2 Å². The van der Waals surface area contributed by atoms with E-state index in [9.17, 15) is 4.79 Å². The molecule has 5 nitrogen and oxygen atoms in total. The van der Waals surface area contributed by atoms with Crippen LogP contribution in [0.5, 0.6) is 0 Å². The first-order chi connectivity index (χ1) is 17.8. The third kappa shape index (κ3) is 3.50. The molecule has 1 amide bonds. The number of fused-ring (bicyclic) bond motifs is 6. The van der Waals surface area contributed by atoms with Crippen LogP contribution in [-0.2, 0) is 9.47 Å². The van der Waals surface area contributed by atoms with Gasteiger partial charge in [-0.3, -0.25) is 9.88 Å². The lowest BCUT2D eigenvalue weighted by molar-refractivity contribution is -0.0331. The number of morpholine rings is 1. The molecule has 0 radical (unpaired) electrons. The summed E-state index contributed by atoms with van der Waals surface area (Å²) in [5.41, 5.74) is 8.29. The second-order valence-electron chi connectivity index (χ2n) is 9.78. The zero-order chi connectivity index (χ0) is 24.1. The summed E-state index contributed by atoms with van der Waals surface area (Å²) < 4.78 is 11.8. The average Bonchev–Trinajstić information content (AvgIpc) is 3.24. The summed E-state index contributed by atoms with van der Waals surface area (Å²) in [6.45, 7) is 1.33. The number of amides is 1. The SMILES string of the molecule is O=C(OCC1c2ccccc2-c2ccccc21)N1C2C=C(c3ccc4cccnc4c3)CC1COC2. The predicted octanol–water partition coefficient (Wildman–Crippen LogP) is 6.04. The van der Waals surface area contributed by atoms with Crippen molar-refractivity contribution in [3.05, 3.63) is 108 Å². The molecule has 1 fully saturated rings. The zero-order valence-electron chi connectivity index (χ0n) is 19.8. The Kier molecular flexibility index (Phi) is 5.10. The van der Waals surface area contributed by atoms with Crippen LogP contribution in [0.3, 0.4) is 0 Å². The molecular weight excluding hydrogens is 448 g/mol. The van der Waals surface area contributed by atoms with Gasteiger partial charge in [-0.2, -0.15) is 0 Å². The molecule has 3 aliphatic rings. The highest BCUT2D eigenvalue weighted by Gasteiger charge is 2.40. The molecule has 2 atom stereocenters. The fourth-order valence-electron chi connectivity index (χ4n) is 6.03. The van der Waals surface area contributed by atoms with Crippen molar-refractivity contribution in [2.45, 2.75) is 24.4 Å². The lowest BCUT2D eigenvalue weighted by atomic mass is 9.89. The van der Waals surface area contributed by atoms with E-state index < -0.39 is 0 Å². The Balaban J connectivity index is 1.12. The van der Waals surface area contributed by atoms with Crippen LogP contribution in [0.1, 0.15) is 29.0 Å². The van der Waals surface area contributed by atoms with Gasteiger partial charge in [0, 0.05) is 17.5 Å². The molecule has 2 unspecified atom stereocenters. The van der Waals surface area contributed by atoms with Gasteiger partial charge in [-0.15, -0.1) is 0 Å². The second kappa shape index (κ2) is 8.61. The first-order valence-corrected chi connectivity index (χ1v) is 12.5. The highest BCUT2D eigenvalue weighted by atomic mass is 16.6. The van der Waals surface area contributed by atoms with Crippen LogP contribution < -0.4 is 0 Å². The zero-order valence-corrected chi connectivity index (χ0v) is 19.8. The molecule has 3 aromatic carbocycles. The molecular formula is C31H26N2O3. The summed E-state index contributed by atoms with van der Waals surface area (Å²) in [5.74, 6) is 0.0541. The number of hydrogen-bond donors (Lipinski definition) is 0. The van der Waals surface area contributed by atoms with Crippen molar-refractivity contribution < 1.29 is 14.3 Å². The summed E-state index contributed by atoms with van der Waals surface area (Å²) in [7, 11) is 0. The fourth-order valence-corrected chi connectivity index (χ4v) is 6.03. The Morgan fingerprint density at radius 2 is 1.72 bits per heavy atom. The molecule has 3 heterocycles. The lowest BCUT2D eigenvalue weighted by Crippen LogP contribution is -2.56. The van der Waals surface area contributed by atoms with Gasteiger partial charge in [0.15, 0.2) is 0 Å². The summed E-state index contributed by atoms with van der Waals surface area (Å²) >= 11 is 0. The van der Waals surface area contributed by atoms with Crippen molar-refractivity contribution in [1.29, 1.82) is 0 Å². The maximum absolute atomic E-state index is 13.4. The highest BCUT2D eigenvalue weighted by Crippen LogP contribution is 2.44. The van der Waals surface area contributed by atoms with Crippen LogP contribution in [0.15, 0.2) is 91.1 Å². The van der Waals surface area contributed by atoms with Crippen LogP contribution in [0.25, 0.3) is 27.6 Å². The normalized spacial score (nSPS) is 20.6. The number of pyridine rings is 1. The minimum atomic E-state index is -0.259. The van der Waals surface area contributed by atoms with E-state index >= 15 is 0 Å². The predicted molar refractivity (Wildman–Crippen MR) is 140 cm³/mol. The van der Waals surface area contributed by atoms with E-state index in [1.165, 1.54) is 27.8 Å². The molecule has 2 bridgehead atoms. The Morgan fingerprint density at radius 3 is 2.50 bits per heavy atom. The Hall–Kier alpha value is -3.96. The van der Waals surface area contributed by atoms with E-state index in [2.05, 4.69) is 83.9 Å². The van der Waals surface area contributed by atoms with Gasteiger partial charge in [-0.25, -0.2) is 4.79 Å². The molecule has 5 heteroatoms. The number of benzene rings is 3. The molecule has 178 valence electrons. The third-order valence-corrected chi connectivity index (χ3v) is 7.72. The van der Waals surface area contributed by atoms with E-state index in [0.29, 0.717) is 19.8 Å². The Labute approximate surface area is 210 Å². The number of ether oxygens (including phenoxy) is 2. The van der Waals surface area contributed by atoms with Gasteiger partial charge in [0.1, 0.15) is 6.61 Å². The van der Waals surface area contributed by atoms with Crippen LogP contribution in [-0.4, -0.2) is 47.9 Å². The molecule has 4 aromatic rings. The molecule has 7 rings (SSSR count). The van der Waals surface area contributed by atoms with Crippen molar-refractivity contribution >= 4 is 22.6 Å². The molecule has 0 N–H and O–H groups in total. The average molecular weight is 475 g/mol. The van der Waals surface area contributed by atoms with Crippen molar-refractivity contribution in [3.63, 3.8) is 0 Å². The van der Waals surface area contributed by atoms with E-state index in [4.69, 9.17) is 9.47 Å². The van der Waals surface area contributed by atoms with Crippen LogP contribution >= 0.6 is 0 Å². The lowest BCUT2D eigenvalue weighted by Gasteiger charge is -2.44. The highest BCUT2D eigenvalue weighted by molar-refractivity contribution is 5.84. The summed E-state index contributed by atoms with van der Waals surface area (Å²) in [6, 6.07) is 27.1. The summed E-state index contributed by atoms with van der Waals surface area (Å²) in [4.78, 5) is 19.8. The van der Waals surface area contributed by atoms with Gasteiger partial charge in [0.2, 0.25) is 0 Å². The van der Waals surface area contributed by atoms with Gasteiger partial charge in [0.25, 0.3) is 0 Å². The number of hydrogen-bond acceptors (Lipinski definition) is 4. The molecule has 1 saturated heterocycles. The largest absolute Gasteiger partial charge is 0.448 e. The summed E-state index contributed by atoms with van der Waals surface area (Å²) in [6.07, 6.45) is 4.47. The van der Waals surface area contributed by atoms with E-state index in [1.54, 1.807) is 0 Å². The molecule has 1 aromatic heterocycles. The smallest absolute Gasteiger partial charge is 0.410 e. The maximum Gasteiger partial charge on any atom is 0.410 e. The van der Waals surface area contributed by atoms with Gasteiger partial charge < -0.3 is 9.47 Å². The van der Waals surface area contributed by atoms with Crippen molar-refractivity contribution in [2.75, 3.05) is 19.8 Å². The fraction of sp³-hybridized carbons (Fsp3) is 0.226. The standard InChI is InChI=1S/C31H26N2O3/c34-31(36-19-29-27-9-3-1-7-25(27)26-8-2-4-10-28(26)29)33-23-14-22(15-24(33)18-35-17-23)21-12-11-20-6-5-13-32-30(20)16-21/h1-14,16,23-24,29H,15,17-19H2. The van der Waals surface area contributed by atoms with Crippen LogP contribution in [0.2, 0.25) is 0 Å². The minimum Gasteiger partial charge on any atom is -0.448 e. The van der Waals surface area contributed by atoms with E-state index in [-0.39, 0.29) is 24.1 Å². The number of rotatable bonds is 3. The van der Waals surface area contributed by atoms with Gasteiger partial charge in [-0.1, -0.05) is 72.8 Å². The number of nitrogens with zero attached hydrogens (tertiary/aromatic N) is 2. The van der Waals surface area contributed by atoms with Crippen LogP contribution in [0.4, 0.5) is 4.79 Å². The topological polar surface area (TPSA) is 51.7 Å². The van der Waals surface area contributed by atoms with E-state index in [0.717, 1.165) is 22.9 Å². The van der Waals surface area contributed by atoms with Crippen LogP contribution in [0, 0.1) is 0 Å². The molecule has 1 aliphatic carbocycles. The number of carbonyl (C=O) groups is 1. The van der Waals surface area contributed by atoms with Crippen molar-refractivity contribution in [2.24, 2.45) is 0 Å². The first kappa shape index (κ1) is 21.3. The Bertz CT molecular complexity index is 1470. The van der Waals surface area contributed by atoms with Gasteiger partial charge >= 0.3 is 6.09 Å². The minimum absolute atomic E-state index is 0.0427. The van der Waals surface area contributed by atoms with Crippen molar-refractivity contribution in [3.8, 4) is 11.1 Å². The van der Waals surface area contributed by atoms with Gasteiger partial charge in [0.05, 0.1) is 30.8 Å². The molecule has 36 heavy (non-hydrogen) atoms. The maximum atomic E-state index is 13.4. The third-order valence-electron chi connectivity index (χ3n) is 7.72. The molecule has 0 spiro atoms. The number of carbonyl (C=O) groups excluding carboxylic acids is 1. The monoisotopic (exact) mass is 474 g/mol. The molecule has 0 saturated carbocycles. The first-order valence-electron chi connectivity index (χ1n) is 12.5. The Morgan fingerprint density at radius 1 is 0.944 bits per heavy atom. The second-order valence-corrected chi connectivity index (χ2v) is 9.78. The van der Waals surface area contributed by atoms with Crippen molar-refractivity contribution in [1.82, 2.24) is 9.88 Å². The summed E-state index contributed by atoms with van der Waals surface area (Å²) in [5, 5.41) is 1.13. The van der Waals surface area contributed by atoms with Gasteiger partial charge in [-0.05, 0) is 51.9 Å². The molecule has 2 aliphatic heterocycles. The number of aromatic nitrogens is 1. The quantitative estimate of drug-likeness (QED) is 0.363.